The van der Waals surface area contributed by atoms with Gasteiger partial charge in [-0.3, -0.25) is 0 Å². The molecule has 0 bridgehead atoms. The van der Waals surface area contributed by atoms with Crippen LogP contribution < -0.4 is 5.73 Å². The van der Waals surface area contributed by atoms with Crippen molar-refractivity contribution in [3.63, 3.8) is 0 Å². The number of benzene rings is 1. The van der Waals surface area contributed by atoms with Crippen LogP contribution in [0.15, 0.2) is 12.1 Å². The summed E-state index contributed by atoms with van der Waals surface area (Å²) in [6.07, 6.45) is 0.964. The van der Waals surface area contributed by atoms with Crippen molar-refractivity contribution in [3.05, 3.63) is 22.2 Å². The van der Waals surface area contributed by atoms with Gasteiger partial charge in [-0.05, 0) is 41.8 Å². The molecular formula is C13H17Cl2N5. The van der Waals surface area contributed by atoms with Crippen LogP contribution in [0.4, 0.5) is 5.69 Å². The van der Waals surface area contributed by atoms with Crippen molar-refractivity contribution in [1.82, 2.24) is 20.2 Å². The van der Waals surface area contributed by atoms with Gasteiger partial charge >= 0.3 is 0 Å². The Morgan fingerprint density at radius 3 is 2.60 bits per heavy atom. The lowest BCUT2D eigenvalue weighted by Crippen LogP contribution is -2.11. The summed E-state index contributed by atoms with van der Waals surface area (Å²) in [6, 6.07) is 3.51. The minimum absolute atomic E-state index is 0.163. The van der Waals surface area contributed by atoms with E-state index >= 15 is 0 Å². The number of nitrogens with zero attached hydrogens (tertiary/aromatic N) is 4. The Hall–Kier alpha value is -1.33. The van der Waals surface area contributed by atoms with Crippen LogP contribution in [-0.4, -0.2) is 20.2 Å². The first-order chi connectivity index (χ1) is 9.40. The van der Waals surface area contributed by atoms with E-state index in [0.29, 0.717) is 33.0 Å². The fraction of sp³-hybridized carbons (Fsp3) is 0.462. The predicted molar refractivity (Wildman–Crippen MR) is 81.9 cm³/mol. The molecule has 1 aromatic heterocycles. The van der Waals surface area contributed by atoms with Crippen molar-refractivity contribution in [2.24, 2.45) is 5.92 Å². The summed E-state index contributed by atoms with van der Waals surface area (Å²) >= 11 is 12.3. The van der Waals surface area contributed by atoms with Crippen LogP contribution in [-0.2, 0) is 0 Å². The molecule has 20 heavy (non-hydrogen) atoms. The zero-order valence-corrected chi connectivity index (χ0v) is 13.2. The Labute approximate surface area is 128 Å². The molecule has 0 fully saturated rings. The molecule has 0 aliphatic heterocycles. The first kappa shape index (κ1) is 15.1. The maximum atomic E-state index is 6.24. The fourth-order valence-electron chi connectivity index (χ4n) is 2.22. The molecule has 1 heterocycles. The number of nitrogens with two attached hydrogens (primary N) is 1. The molecule has 0 aliphatic rings. The van der Waals surface area contributed by atoms with Crippen molar-refractivity contribution in [1.29, 1.82) is 0 Å². The van der Waals surface area contributed by atoms with E-state index in [1.54, 1.807) is 16.8 Å². The highest BCUT2D eigenvalue weighted by molar-refractivity contribution is 6.43. The first-order valence-electron chi connectivity index (χ1n) is 6.43. The lowest BCUT2D eigenvalue weighted by Gasteiger charge is -2.16. The average molecular weight is 314 g/mol. The molecule has 1 aromatic carbocycles. The van der Waals surface area contributed by atoms with Crippen molar-refractivity contribution in [2.75, 3.05) is 5.73 Å². The van der Waals surface area contributed by atoms with E-state index in [0.717, 1.165) is 6.42 Å². The van der Waals surface area contributed by atoms with Crippen LogP contribution in [0.3, 0.4) is 0 Å². The highest BCUT2D eigenvalue weighted by Gasteiger charge is 2.19. The maximum absolute atomic E-state index is 6.24. The molecule has 2 N–H and O–H groups in total. The maximum Gasteiger partial charge on any atom is 0.183 e. The van der Waals surface area contributed by atoms with Gasteiger partial charge in [-0.2, -0.15) is 0 Å². The fourth-order valence-corrected chi connectivity index (χ4v) is 2.64. The average Bonchev–Trinajstić information content (AvgIpc) is 2.81. The molecule has 1 atom stereocenters. The summed E-state index contributed by atoms with van der Waals surface area (Å²) in [5.74, 6) is 1.12. The first-order valence-corrected chi connectivity index (χ1v) is 7.18. The number of nitrogen functional groups attached to an aromatic ring is 1. The molecular weight excluding hydrogens is 297 g/mol. The number of halogens is 2. The highest BCUT2D eigenvalue weighted by Crippen LogP contribution is 2.35. The van der Waals surface area contributed by atoms with Gasteiger partial charge in [-0.15, -0.1) is 5.10 Å². The van der Waals surface area contributed by atoms with E-state index in [2.05, 4.69) is 36.3 Å². The zero-order valence-electron chi connectivity index (χ0n) is 11.6. The quantitative estimate of drug-likeness (QED) is 0.871. The lowest BCUT2D eigenvalue weighted by atomic mass is 10.1. The second-order valence-electron chi connectivity index (χ2n) is 5.29. The third-order valence-electron chi connectivity index (χ3n) is 3.01. The summed E-state index contributed by atoms with van der Waals surface area (Å²) in [6.45, 7) is 6.39. The largest absolute Gasteiger partial charge is 0.399 e. The Morgan fingerprint density at radius 1 is 1.25 bits per heavy atom. The third kappa shape index (κ3) is 3.04. The number of rotatable bonds is 4. The molecule has 108 valence electrons. The van der Waals surface area contributed by atoms with Gasteiger partial charge in [-0.25, -0.2) is 4.68 Å². The van der Waals surface area contributed by atoms with Crippen LogP contribution in [0.5, 0.6) is 0 Å². The molecule has 5 nitrogen and oxygen atoms in total. The summed E-state index contributed by atoms with van der Waals surface area (Å²) in [5.41, 5.74) is 7.00. The molecule has 0 saturated heterocycles. The molecule has 7 heteroatoms. The van der Waals surface area contributed by atoms with Gasteiger partial charge in [0, 0.05) is 11.3 Å². The molecule has 1 unspecified atom stereocenters. The Bertz CT molecular complexity index is 609. The smallest absolute Gasteiger partial charge is 0.183 e. The lowest BCUT2D eigenvalue weighted by molar-refractivity contribution is 0.394. The highest BCUT2D eigenvalue weighted by atomic mass is 35.5. The van der Waals surface area contributed by atoms with E-state index in [9.17, 15) is 0 Å². The molecule has 2 rings (SSSR count). The second kappa shape index (κ2) is 5.97. The summed E-state index contributed by atoms with van der Waals surface area (Å²) in [4.78, 5) is 0. The van der Waals surface area contributed by atoms with Crippen LogP contribution in [0.1, 0.15) is 33.2 Å². The summed E-state index contributed by atoms with van der Waals surface area (Å²) in [7, 11) is 0. The van der Waals surface area contributed by atoms with Crippen LogP contribution in [0, 0.1) is 5.92 Å². The van der Waals surface area contributed by atoms with Crippen LogP contribution in [0.25, 0.3) is 11.4 Å². The molecule has 0 amide bonds. The molecule has 0 saturated carbocycles. The van der Waals surface area contributed by atoms with Crippen molar-refractivity contribution in [3.8, 4) is 11.4 Å². The Balaban J connectivity index is 2.47. The number of hydrogen-bond acceptors (Lipinski definition) is 4. The minimum Gasteiger partial charge on any atom is -0.399 e. The van der Waals surface area contributed by atoms with Crippen molar-refractivity contribution < 1.29 is 0 Å². The van der Waals surface area contributed by atoms with E-state index in [1.807, 2.05) is 0 Å². The van der Waals surface area contributed by atoms with Gasteiger partial charge in [0.15, 0.2) is 5.82 Å². The monoisotopic (exact) mass is 313 g/mol. The molecule has 0 aliphatic carbocycles. The van der Waals surface area contributed by atoms with Crippen molar-refractivity contribution >= 4 is 28.9 Å². The number of aromatic nitrogens is 4. The number of hydrogen-bond donors (Lipinski definition) is 1. The van der Waals surface area contributed by atoms with Gasteiger partial charge in [0.2, 0.25) is 0 Å². The number of tetrazole rings is 1. The standard InChI is InChI=1S/C13H17Cl2N5/c1-7(2)4-8(3)20-13(17-18-19-20)10-5-9(16)6-11(14)12(10)15/h5-8H,4,16H2,1-3H3. The second-order valence-corrected chi connectivity index (χ2v) is 6.08. The Kier molecular flexibility index (Phi) is 4.50. The van der Waals surface area contributed by atoms with E-state index in [4.69, 9.17) is 28.9 Å². The zero-order chi connectivity index (χ0) is 14.9. The summed E-state index contributed by atoms with van der Waals surface area (Å²) in [5, 5.41) is 12.7. The Morgan fingerprint density at radius 2 is 1.95 bits per heavy atom. The molecule has 0 spiro atoms. The van der Waals surface area contributed by atoms with Gasteiger partial charge in [0.1, 0.15) is 0 Å². The third-order valence-corrected chi connectivity index (χ3v) is 3.82. The van der Waals surface area contributed by atoms with Crippen LogP contribution in [0.2, 0.25) is 10.0 Å². The van der Waals surface area contributed by atoms with Gasteiger partial charge in [0.05, 0.1) is 16.1 Å². The van der Waals surface area contributed by atoms with E-state index < -0.39 is 0 Å². The summed E-state index contributed by atoms with van der Waals surface area (Å²) < 4.78 is 1.76. The van der Waals surface area contributed by atoms with Crippen molar-refractivity contribution in [2.45, 2.75) is 33.2 Å². The van der Waals surface area contributed by atoms with E-state index in [1.165, 1.54) is 0 Å². The van der Waals surface area contributed by atoms with Gasteiger partial charge in [-0.1, -0.05) is 37.0 Å². The van der Waals surface area contributed by atoms with Gasteiger partial charge < -0.3 is 5.73 Å². The minimum atomic E-state index is 0.163. The molecule has 2 aromatic rings. The SMILES string of the molecule is CC(C)CC(C)n1nnnc1-c1cc(N)cc(Cl)c1Cl. The topological polar surface area (TPSA) is 69.6 Å². The number of anilines is 1. The normalized spacial score (nSPS) is 12.9. The van der Waals surface area contributed by atoms with Crippen LogP contribution >= 0.6 is 23.2 Å². The molecule has 0 radical (unpaired) electrons. The van der Waals surface area contributed by atoms with E-state index in [-0.39, 0.29) is 6.04 Å². The van der Waals surface area contributed by atoms with Gasteiger partial charge in [0.25, 0.3) is 0 Å². The predicted octanol–water partition coefficient (Wildman–Crippen LogP) is 3.84.